The Hall–Kier alpha value is -5.60. The lowest BCUT2D eigenvalue weighted by Gasteiger charge is -2.21. The normalized spacial score (nSPS) is 13.9. The standard InChI is InChI=1S/C43H32N2/c1-29-13-15-38-40(25-29)42(36-11-5-9-33(26-36)31-17-21-44-22-18-31)39-16-14-35(30-7-3-2-4-8-30)28-41(39)43(38)37-12-6-10-34(27-37)32-19-23-45-24-20-32/h2-12,14-29H,13H2,1H3. The second-order valence-corrected chi connectivity index (χ2v) is 11.9. The van der Waals surface area contributed by atoms with Gasteiger partial charge in [0.1, 0.15) is 0 Å². The third-order valence-electron chi connectivity index (χ3n) is 8.97. The Labute approximate surface area is 263 Å². The minimum atomic E-state index is 0.455. The van der Waals surface area contributed by atoms with Crippen molar-refractivity contribution >= 4 is 22.9 Å². The first kappa shape index (κ1) is 27.0. The van der Waals surface area contributed by atoms with Crippen molar-refractivity contribution in [3.63, 3.8) is 0 Å². The number of aromatic nitrogens is 2. The van der Waals surface area contributed by atoms with Gasteiger partial charge in [-0.05, 0) is 132 Å². The van der Waals surface area contributed by atoms with Crippen molar-refractivity contribution in [2.75, 3.05) is 0 Å². The first-order chi connectivity index (χ1) is 22.2. The van der Waals surface area contributed by atoms with E-state index in [2.05, 4.69) is 150 Å². The van der Waals surface area contributed by atoms with E-state index in [0.717, 1.165) is 6.42 Å². The smallest absolute Gasteiger partial charge is 0.0273 e. The van der Waals surface area contributed by atoms with E-state index in [1.54, 1.807) is 0 Å². The molecule has 0 amide bonds. The quantitative estimate of drug-likeness (QED) is 0.204. The first-order valence-electron chi connectivity index (χ1n) is 15.6. The highest BCUT2D eigenvalue weighted by molar-refractivity contribution is 6.08. The molecule has 214 valence electrons. The van der Waals surface area contributed by atoms with E-state index in [1.807, 2.05) is 24.8 Å². The van der Waals surface area contributed by atoms with Crippen molar-refractivity contribution in [3.8, 4) is 55.6 Å². The molecule has 1 unspecified atom stereocenters. The Morgan fingerprint density at radius 3 is 1.58 bits per heavy atom. The largest absolute Gasteiger partial charge is 0.265 e. The fourth-order valence-corrected chi connectivity index (χ4v) is 6.80. The summed E-state index contributed by atoms with van der Waals surface area (Å²) in [6.45, 7) is 2.32. The molecule has 7 aromatic rings. The summed E-state index contributed by atoms with van der Waals surface area (Å²) >= 11 is 0. The number of hydrogen-bond donors (Lipinski definition) is 0. The number of rotatable bonds is 5. The van der Waals surface area contributed by atoms with E-state index in [4.69, 9.17) is 0 Å². The van der Waals surface area contributed by atoms with Crippen LogP contribution in [0.3, 0.4) is 0 Å². The van der Waals surface area contributed by atoms with E-state index >= 15 is 0 Å². The van der Waals surface area contributed by atoms with Gasteiger partial charge in [-0.1, -0.05) is 97.9 Å². The number of benzene rings is 5. The lowest BCUT2D eigenvalue weighted by atomic mass is 9.83. The Balaban J connectivity index is 1.46. The summed E-state index contributed by atoms with van der Waals surface area (Å²) in [6.07, 6.45) is 13.4. The zero-order valence-corrected chi connectivity index (χ0v) is 25.2. The minimum Gasteiger partial charge on any atom is -0.265 e. The van der Waals surface area contributed by atoms with Gasteiger partial charge in [0, 0.05) is 24.8 Å². The van der Waals surface area contributed by atoms with Gasteiger partial charge in [-0.2, -0.15) is 0 Å². The highest BCUT2D eigenvalue weighted by Gasteiger charge is 2.19. The van der Waals surface area contributed by atoms with Gasteiger partial charge >= 0.3 is 0 Å². The van der Waals surface area contributed by atoms with E-state index in [9.17, 15) is 0 Å². The Morgan fingerprint density at radius 2 is 0.956 bits per heavy atom. The van der Waals surface area contributed by atoms with Crippen molar-refractivity contribution in [1.29, 1.82) is 0 Å². The average molecular weight is 577 g/mol. The average Bonchev–Trinajstić information content (AvgIpc) is 3.11. The molecule has 0 bridgehead atoms. The lowest BCUT2D eigenvalue weighted by Crippen LogP contribution is -2.33. The molecular weight excluding hydrogens is 544 g/mol. The maximum atomic E-state index is 4.25. The lowest BCUT2D eigenvalue weighted by molar-refractivity contribution is 0.801. The fourth-order valence-electron chi connectivity index (χ4n) is 6.80. The van der Waals surface area contributed by atoms with Gasteiger partial charge in [0.25, 0.3) is 0 Å². The fraction of sp³-hybridized carbons (Fsp3) is 0.0698. The van der Waals surface area contributed by atoms with Gasteiger partial charge in [0.05, 0.1) is 0 Å². The number of nitrogens with zero attached hydrogens (tertiary/aromatic N) is 2. The van der Waals surface area contributed by atoms with Crippen LogP contribution in [0.1, 0.15) is 13.3 Å². The van der Waals surface area contributed by atoms with Gasteiger partial charge in [0.2, 0.25) is 0 Å². The van der Waals surface area contributed by atoms with Crippen molar-refractivity contribution < 1.29 is 0 Å². The second kappa shape index (κ2) is 11.5. The summed E-state index contributed by atoms with van der Waals surface area (Å²) in [5, 5.41) is 5.18. The van der Waals surface area contributed by atoms with Crippen LogP contribution in [-0.2, 0) is 0 Å². The van der Waals surface area contributed by atoms with E-state index in [-0.39, 0.29) is 0 Å². The molecule has 0 aliphatic heterocycles. The van der Waals surface area contributed by atoms with Crippen LogP contribution in [-0.4, -0.2) is 9.97 Å². The molecule has 2 aromatic heterocycles. The molecule has 0 saturated heterocycles. The Bertz CT molecular complexity index is 2290. The van der Waals surface area contributed by atoms with Crippen LogP contribution in [0.25, 0.3) is 78.6 Å². The summed E-state index contributed by atoms with van der Waals surface area (Å²) < 4.78 is 0. The SMILES string of the molecule is CC1C=c2c(-c3cccc(-c4ccncc4)c3)c3ccc(-c4ccccc4)cc3c(-c3cccc(-c4ccncc4)c3)c2=CC1. The van der Waals surface area contributed by atoms with Crippen LogP contribution in [0.5, 0.6) is 0 Å². The number of pyridine rings is 2. The van der Waals surface area contributed by atoms with Crippen molar-refractivity contribution in [1.82, 2.24) is 9.97 Å². The summed E-state index contributed by atoms with van der Waals surface area (Å²) in [4.78, 5) is 8.49. The molecule has 2 nitrogen and oxygen atoms in total. The molecule has 0 N–H and O–H groups in total. The predicted molar refractivity (Wildman–Crippen MR) is 189 cm³/mol. The molecule has 0 fully saturated rings. The van der Waals surface area contributed by atoms with E-state index in [1.165, 1.54) is 76.8 Å². The van der Waals surface area contributed by atoms with Gasteiger partial charge < -0.3 is 0 Å². The molecule has 2 heterocycles. The first-order valence-corrected chi connectivity index (χ1v) is 15.6. The third kappa shape index (κ3) is 5.05. The van der Waals surface area contributed by atoms with Crippen LogP contribution in [0.4, 0.5) is 0 Å². The Morgan fingerprint density at radius 1 is 0.444 bits per heavy atom. The molecule has 1 aliphatic rings. The van der Waals surface area contributed by atoms with Crippen LogP contribution in [0.15, 0.2) is 146 Å². The molecule has 8 rings (SSSR count). The molecule has 2 heteroatoms. The summed E-state index contributed by atoms with van der Waals surface area (Å²) in [5.41, 5.74) is 12.2. The topological polar surface area (TPSA) is 25.8 Å². The molecule has 0 saturated carbocycles. The summed E-state index contributed by atoms with van der Waals surface area (Å²) in [6, 6.07) is 44.1. The summed E-state index contributed by atoms with van der Waals surface area (Å²) in [5.74, 6) is 0.455. The van der Waals surface area contributed by atoms with Crippen molar-refractivity contribution in [2.24, 2.45) is 5.92 Å². The van der Waals surface area contributed by atoms with Crippen LogP contribution >= 0.6 is 0 Å². The van der Waals surface area contributed by atoms with Crippen molar-refractivity contribution in [3.05, 3.63) is 157 Å². The van der Waals surface area contributed by atoms with Gasteiger partial charge in [-0.3, -0.25) is 9.97 Å². The maximum Gasteiger partial charge on any atom is 0.0273 e. The summed E-state index contributed by atoms with van der Waals surface area (Å²) in [7, 11) is 0. The zero-order chi connectivity index (χ0) is 30.2. The molecule has 0 spiro atoms. The highest BCUT2D eigenvalue weighted by Crippen LogP contribution is 2.37. The van der Waals surface area contributed by atoms with E-state index in [0.29, 0.717) is 5.92 Å². The van der Waals surface area contributed by atoms with Crippen LogP contribution < -0.4 is 10.4 Å². The zero-order valence-electron chi connectivity index (χ0n) is 25.2. The van der Waals surface area contributed by atoms with Crippen LogP contribution in [0, 0.1) is 5.92 Å². The monoisotopic (exact) mass is 576 g/mol. The molecule has 1 aliphatic carbocycles. The van der Waals surface area contributed by atoms with Gasteiger partial charge in [-0.15, -0.1) is 0 Å². The minimum absolute atomic E-state index is 0.455. The second-order valence-electron chi connectivity index (χ2n) is 11.9. The number of hydrogen-bond acceptors (Lipinski definition) is 2. The molecule has 0 radical (unpaired) electrons. The molecule has 5 aromatic carbocycles. The maximum absolute atomic E-state index is 4.25. The van der Waals surface area contributed by atoms with Gasteiger partial charge in [-0.25, -0.2) is 0 Å². The van der Waals surface area contributed by atoms with Crippen LogP contribution in [0.2, 0.25) is 0 Å². The highest BCUT2D eigenvalue weighted by atomic mass is 14.6. The molecule has 1 atom stereocenters. The predicted octanol–water partition coefficient (Wildman–Crippen LogP) is 9.57. The van der Waals surface area contributed by atoms with Crippen molar-refractivity contribution in [2.45, 2.75) is 13.3 Å². The number of fused-ring (bicyclic) bond motifs is 2. The third-order valence-corrected chi connectivity index (χ3v) is 8.97. The Kier molecular flexibility index (Phi) is 6.88. The molecular formula is C43H32N2. The molecule has 45 heavy (non-hydrogen) atoms. The van der Waals surface area contributed by atoms with Gasteiger partial charge in [0.15, 0.2) is 0 Å². The van der Waals surface area contributed by atoms with E-state index < -0.39 is 0 Å².